The van der Waals surface area contributed by atoms with Crippen LogP contribution in [-0.4, -0.2) is 37.1 Å². The maximum absolute atomic E-state index is 3.43. The first-order valence-electron chi connectivity index (χ1n) is 7.74. The number of benzene rings is 1. The summed E-state index contributed by atoms with van der Waals surface area (Å²) in [6, 6.07) is 11.3. The molecule has 0 amide bonds. The van der Waals surface area contributed by atoms with Crippen LogP contribution in [0.25, 0.3) is 0 Å². The van der Waals surface area contributed by atoms with E-state index in [4.69, 9.17) is 0 Å². The second-order valence-electron chi connectivity index (χ2n) is 6.29. The number of fused-ring (bicyclic) bond motifs is 1. The van der Waals surface area contributed by atoms with Gasteiger partial charge in [-0.15, -0.1) is 0 Å². The van der Waals surface area contributed by atoms with Crippen molar-refractivity contribution in [3.8, 4) is 0 Å². The van der Waals surface area contributed by atoms with Gasteiger partial charge in [-0.1, -0.05) is 24.3 Å². The molecule has 104 valence electrons. The molecule has 1 aromatic carbocycles. The van der Waals surface area contributed by atoms with Crippen LogP contribution in [0.3, 0.4) is 0 Å². The Hall–Kier alpha value is -0.860. The third-order valence-corrected chi connectivity index (χ3v) is 5.29. The van der Waals surface area contributed by atoms with Crippen LogP contribution in [0, 0.1) is 0 Å². The highest BCUT2D eigenvalue weighted by atomic mass is 15.2. The van der Waals surface area contributed by atoms with Gasteiger partial charge < -0.3 is 5.32 Å². The van der Waals surface area contributed by atoms with Gasteiger partial charge in [0.05, 0.1) is 0 Å². The third kappa shape index (κ3) is 2.70. The quantitative estimate of drug-likeness (QED) is 0.896. The zero-order chi connectivity index (χ0) is 13.2. The van der Waals surface area contributed by atoms with E-state index in [1.165, 1.54) is 38.5 Å². The largest absolute Gasteiger partial charge is 0.317 e. The summed E-state index contributed by atoms with van der Waals surface area (Å²) < 4.78 is 0. The van der Waals surface area contributed by atoms with Gasteiger partial charge in [-0.2, -0.15) is 0 Å². The second kappa shape index (κ2) is 5.64. The summed E-state index contributed by atoms with van der Waals surface area (Å²) in [5, 5.41) is 3.43. The lowest BCUT2D eigenvalue weighted by Crippen LogP contribution is -2.44. The molecule has 3 rings (SSSR count). The minimum absolute atomic E-state index is 0.730. The Kier molecular flexibility index (Phi) is 3.90. The standard InChI is InChI=1S/C17H26N2/c1-18-15-7-9-16(10-8-15)19(2)17-11-13-5-3-4-6-14(13)12-17/h3-6,15-18H,7-12H2,1-2H3. The summed E-state index contributed by atoms with van der Waals surface area (Å²) in [4.78, 5) is 2.67. The molecular weight excluding hydrogens is 232 g/mol. The van der Waals surface area contributed by atoms with Crippen LogP contribution in [0.1, 0.15) is 36.8 Å². The van der Waals surface area contributed by atoms with Crippen molar-refractivity contribution in [2.24, 2.45) is 0 Å². The van der Waals surface area contributed by atoms with Crippen LogP contribution < -0.4 is 5.32 Å². The monoisotopic (exact) mass is 258 g/mol. The number of rotatable bonds is 3. The lowest BCUT2D eigenvalue weighted by molar-refractivity contribution is 0.131. The van der Waals surface area contributed by atoms with Gasteiger partial charge in [-0.25, -0.2) is 0 Å². The second-order valence-corrected chi connectivity index (χ2v) is 6.29. The van der Waals surface area contributed by atoms with Crippen molar-refractivity contribution < 1.29 is 0 Å². The number of hydrogen-bond acceptors (Lipinski definition) is 2. The van der Waals surface area contributed by atoms with Crippen molar-refractivity contribution in [3.63, 3.8) is 0 Å². The van der Waals surface area contributed by atoms with Crippen molar-refractivity contribution in [1.82, 2.24) is 10.2 Å². The SMILES string of the molecule is CNC1CCC(N(C)C2Cc3ccccc3C2)CC1. The number of likely N-dealkylation sites (N-methyl/N-ethyl adjacent to an activating group) is 1. The van der Waals surface area contributed by atoms with Crippen molar-refractivity contribution in [2.45, 2.75) is 56.7 Å². The fourth-order valence-electron chi connectivity index (χ4n) is 3.89. The van der Waals surface area contributed by atoms with Gasteiger partial charge >= 0.3 is 0 Å². The van der Waals surface area contributed by atoms with E-state index in [1.54, 1.807) is 11.1 Å². The molecule has 0 unspecified atom stereocenters. The molecule has 1 saturated carbocycles. The first-order chi connectivity index (χ1) is 9.28. The molecule has 0 spiro atoms. The van der Waals surface area contributed by atoms with E-state index < -0.39 is 0 Å². The Labute approximate surface area is 117 Å². The minimum Gasteiger partial charge on any atom is -0.317 e. The summed E-state index contributed by atoms with van der Waals surface area (Å²) >= 11 is 0. The lowest BCUT2D eigenvalue weighted by atomic mass is 9.89. The van der Waals surface area contributed by atoms with E-state index in [1.807, 2.05) is 0 Å². The lowest BCUT2D eigenvalue weighted by Gasteiger charge is -2.37. The molecule has 0 radical (unpaired) electrons. The van der Waals surface area contributed by atoms with Gasteiger partial charge in [0, 0.05) is 18.1 Å². The van der Waals surface area contributed by atoms with Crippen molar-refractivity contribution >= 4 is 0 Å². The van der Waals surface area contributed by atoms with Crippen LogP contribution in [0.15, 0.2) is 24.3 Å². The van der Waals surface area contributed by atoms with Gasteiger partial charge in [0.1, 0.15) is 0 Å². The highest BCUT2D eigenvalue weighted by molar-refractivity contribution is 5.33. The predicted molar refractivity (Wildman–Crippen MR) is 80.5 cm³/mol. The summed E-state index contributed by atoms with van der Waals surface area (Å²) in [5.41, 5.74) is 3.14. The number of nitrogens with zero attached hydrogens (tertiary/aromatic N) is 1. The van der Waals surface area contributed by atoms with Gasteiger partial charge in [0.2, 0.25) is 0 Å². The summed E-state index contributed by atoms with van der Waals surface area (Å²) in [6.45, 7) is 0. The molecular formula is C17H26N2. The van der Waals surface area contributed by atoms with Gasteiger partial charge in [0.15, 0.2) is 0 Å². The van der Waals surface area contributed by atoms with E-state index in [0.717, 1.165) is 18.1 Å². The molecule has 0 aliphatic heterocycles. The molecule has 0 heterocycles. The van der Waals surface area contributed by atoms with Crippen LogP contribution in [0.2, 0.25) is 0 Å². The van der Waals surface area contributed by atoms with Crippen LogP contribution in [0.5, 0.6) is 0 Å². The maximum atomic E-state index is 3.43. The fourth-order valence-corrected chi connectivity index (χ4v) is 3.89. The van der Waals surface area contributed by atoms with Gasteiger partial charge in [0.25, 0.3) is 0 Å². The van der Waals surface area contributed by atoms with Crippen LogP contribution >= 0.6 is 0 Å². The summed E-state index contributed by atoms with van der Waals surface area (Å²) in [7, 11) is 4.45. The molecule has 0 saturated heterocycles. The summed E-state index contributed by atoms with van der Waals surface area (Å²) in [6.07, 6.45) is 7.89. The molecule has 0 aromatic heterocycles. The molecule has 1 fully saturated rings. The molecule has 1 N–H and O–H groups in total. The zero-order valence-corrected chi connectivity index (χ0v) is 12.2. The Morgan fingerprint density at radius 3 is 2.05 bits per heavy atom. The van der Waals surface area contributed by atoms with Crippen molar-refractivity contribution in [1.29, 1.82) is 0 Å². The Balaban J connectivity index is 1.59. The van der Waals surface area contributed by atoms with Crippen LogP contribution in [-0.2, 0) is 12.8 Å². The molecule has 0 atom stereocenters. The number of nitrogens with one attached hydrogen (secondary N) is 1. The van der Waals surface area contributed by atoms with E-state index in [-0.39, 0.29) is 0 Å². The molecule has 1 aromatic rings. The van der Waals surface area contributed by atoms with Gasteiger partial charge in [-0.3, -0.25) is 4.90 Å². The smallest absolute Gasteiger partial charge is 0.0176 e. The Bertz CT molecular complexity index is 396. The molecule has 0 bridgehead atoms. The van der Waals surface area contributed by atoms with E-state index in [0.29, 0.717) is 0 Å². The zero-order valence-electron chi connectivity index (χ0n) is 12.2. The summed E-state index contributed by atoms with van der Waals surface area (Å²) in [5.74, 6) is 0. The van der Waals surface area contributed by atoms with Crippen molar-refractivity contribution in [3.05, 3.63) is 35.4 Å². The average Bonchev–Trinajstić information content (AvgIpc) is 2.90. The first-order valence-corrected chi connectivity index (χ1v) is 7.74. The Morgan fingerprint density at radius 2 is 1.53 bits per heavy atom. The Morgan fingerprint density at radius 1 is 0.947 bits per heavy atom. The normalized spacial score (nSPS) is 27.7. The molecule has 2 heteroatoms. The highest BCUT2D eigenvalue weighted by Crippen LogP contribution is 2.29. The molecule has 2 aliphatic carbocycles. The predicted octanol–water partition coefficient (Wildman–Crippen LogP) is 2.62. The van der Waals surface area contributed by atoms with Gasteiger partial charge in [-0.05, 0) is 63.7 Å². The topological polar surface area (TPSA) is 15.3 Å². The minimum atomic E-state index is 0.730. The highest BCUT2D eigenvalue weighted by Gasteiger charge is 2.30. The first kappa shape index (κ1) is 13.1. The van der Waals surface area contributed by atoms with E-state index >= 15 is 0 Å². The number of hydrogen-bond donors (Lipinski definition) is 1. The molecule has 2 aliphatic rings. The third-order valence-electron chi connectivity index (χ3n) is 5.29. The fraction of sp³-hybridized carbons (Fsp3) is 0.647. The van der Waals surface area contributed by atoms with Crippen LogP contribution in [0.4, 0.5) is 0 Å². The molecule has 19 heavy (non-hydrogen) atoms. The average molecular weight is 258 g/mol. The molecule has 2 nitrogen and oxygen atoms in total. The maximum Gasteiger partial charge on any atom is 0.0176 e. The van der Waals surface area contributed by atoms with E-state index in [2.05, 4.69) is 48.6 Å². The van der Waals surface area contributed by atoms with Crippen molar-refractivity contribution in [2.75, 3.05) is 14.1 Å². The van der Waals surface area contributed by atoms with E-state index in [9.17, 15) is 0 Å².